The van der Waals surface area contributed by atoms with Gasteiger partial charge in [-0.1, -0.05) is 99.3 Å². The highest BCUT2D eigenvalue weighted by molar-refractivity contribution is 7.98. The molecule has 0 spiro atoms. The second-order valence-electron chi connectivity index (χ2n) is 8.91. The summed E-state index contributed by atoms with van der Waals surface area (Å²) in [5.41, 5.74) is 4.40. The van der Waals surface area contributed by atoms with Crippen LogP contribution in [0.5, 0.6) is 0 Å². The summed E-state index contributed by atoms with van der Waals surface area (Å²) in [6.45, 7) is 7.34. The lowest BCUT2D eigenvalue weighted by Crippen LogP contribution is -2.10. The second-order valence-corrected chi connectivity index (χ2v) is 9.85. The van der Waals surface area contributed by atoms with Gasteiger partial charge in [-0.2, -0.15) is 0 Å². The Balaban J connectivity index is 1.57. The van der Waals surface area contributed by atoms with Gasteiger partial charge in [-0.25, -0.2) is 4.39 Å². The van der Waals surface area contributed by atoms with Gasteiger partial charge in [-0.15, -0.1) is 10.2 Å². The molecule has 0 aliphatic rings. The molecule has 0 saturated heterocycles. The smallest absolute Gasteiger partial charge is 0.191 e. The van der Waals surface area contributed by atoms with Gasteiger partial charge in [0.1, 0.15) is 5.82 Å². The second kappa shape index (κ2) is 9.70. The summed E-state index contributed by atoms with van der Waals surface area (Å²) < 4.78 is 16.6. The van der Waals surface area contributed by atoms with Gasteiger partial charge in [0.25, 0.3) is 0 Å². The Labute approximate surface area is 193 Å². The fourth-order valence-corrected chi connectivity index (χ4v) is 4.49. The van der Waals surface area contributed by atoms with Crippen LogP contribution in [0, 0.1) is 5.82 Å². The highest BCUT2D eigenvalue weighted by Crippen LogP contribution is 2.29. The first-order valence-corrected chi connectivity index (χ1v) is 11.8. The van der Waals surface area contributed by atoms with E-state index >= 15 is 0 Å². The summed E-state index contributed by atoms with van der Waals surface area (Å²) in [6, 6.07) is 25.8. The van der Waals surface area contributed by atoms with E-state index in [1.54, 1.807) is 23.9 Å². The molecule has 3 aromatic carbocycles. The molecule has 4 aromatic rings. The van der Waals surface area contributed by atoms with Crippen LogP contribution in [0.15, 0.2) is 84.0 Å². The van der Waals surface area contributed by atoms with Crippen molar-refractivity contribution in [2.45, 2.75) is 50.1 Å². The highest BCUT2D eigenvalue weighted by atomic mass is 32.2. The summed E-state index contributed by atoms with van der Waals surface area (Å²) in [4.78, 5) is 0. The molecule has 0 saturated carbocycles. The maximum atomic E-state index is 14.5. The summed E-state index contributed by atoms with van der Waals surface area (Å²) >= 11 is 1.64. The van der Waals surface area contributed by atoms with Crippen LogP contribution in [-0.2, 0) is 24.1 Å². The van der Waals surface area contributed by atoms with Crippen LogP contribution >= 0.6 is 11.8 Å². The molecule has 4 rings (SSSR count). The fourth-order valence-electron chi connectivity index (χ4n) is 3.57. The number of nitrogens with zero attached hydrogens (tertiary/aromatic N) is 3. The number of rotatable bonds is 7. The Morgan fingerprint density at radius 1 is 0.812 bits per heavy atom. The van der Waals surface area contributed by atoms with Gasteiger partial charge in [0, 0.05) is 12.3 Å². The first-order valence-electron chi connectivity index (χ1n) is 10.9. The van der Waals surface area contributed by atoms with Crippen molar-refractivity contribution in [2.24, 2.45) is 0 Å². The number of hydrogen-bond donors (Lipinski definition) is 0. The molecule has 0 radical (unpaired) electrons. The first kappa shape index (κ1) is 22.3. The van der Waals surface area contributed by atoms with Gasteiger partial charge >= 0.3 is 0 Å². The molecular weight excluding hydrogens is 417 g/mol. The van der Waals surface area contributed by atoms with E-state index in [0.29, 0.717) is 17.9 Å². The van der Waals surface area contributed by atoms with E-state index in [0.717, 1.165) is 17.3 Å². The van der Waals surface area contributed by atoms with Gasteiger partial charge in [-0.05, 0) is 40.7 Å². The molecule has 5 heteroatoms. The van der Waals surface area contributed by atoms with Gasteiger partial charge in [0.05, 0.1) is 5.56 Å². The molecule has 0 aliphatic carbocycles. The summed E-state index contributed by atoms with van der Waals surface area (Å²) in [6.07, 6.45) is 0.828. The van der Waals surface area contributed by atoms with E-state index in [4.69, 9.17) is 0 Å². The number of aryl methyl sites for hydroxylation is 1. The van der Waals surface area contributed by atoms with Gasteiger partial charge in [0.2, 0.25) is 0 Å². The number of aromatic nitrogens is 3. The molecule has 1 heterocycles. The topological polar surface area (TPSA) is 30.7 Å². The maximum Gasteiger partial charge on any atom is 0.191 e. The van der Waals surface area contributed by atoms with Crippen molar-refractivity contribution in [3.8, 4) is 11.4 Å². The molecular formula is C27H28FN3S. The Morgan fingerprint density at radius 2 is 1.50 bits per heavy atom. The Hall–Kier alpha value is -2.92. The lowest BCUT2D eigenvalue weighted by Gasteiger charge is -2.19. The minimum Gasteiger partial charge on any atom is -0.302 e. The summed E-state index contributed by atoms with van der Waals surface area (Å²) in [7, 11) is 0. The monoisotopic (exact) mass is 445 g/mol. The fraction of sp³-hybridized carbons (Fsp3) is 0.259. The van der Waals surface area contributed by atoms with Crippen molar-refractivity contribution >= 4 is 11.8 Å². The van der Waals surface area contributed by atoms with Crippen molar-refractivity contribution in [1.29, 1.82) is 0 Å². The van der Waals surface area contributed by atoms with E-state index in [9.17, 15) is 4.39 Å². The van der Waals surface area contributed by atoms with Crippen LogP contribution in [0.25, 0.3) is 11.4 Å². The standard InChI is InChI=1S/C27H28FN3S/c1-27(2,3)22-15-13-21(14-16-22)19-32-26-30-29-25(23-11-7-8-12-24(23)28)31(26)18-17-20-9-5-4-6-10-20/h4-16H,17-19H2,1-3H3. The lowest BCUT2D eigenvalue weighted by atomic mass is 9.87. The lowest BCUT2D eigenvalue weighted by molar-refractivity contribution is 0.590. The molecule has 1 aromatic heterocycles. The third-order valence-electron chi connectivity index (χ3n) is 5.49. The molecule has 0 fully saturated rings. The molecule has 32 heavy (non-hydrogen) atoms. The first-order chi connectivity index (χ1) is 15.4. The van der Waals surface area contributed by atoms with Crippen molar-refractivity contribution < 1.29 is 4.39 Å². The Bertz CT molecular complexity index is 1160. The average molecular weight is 446 g/mol. The number of benzene rings is 3. The predicted octanol–water partition coefficient (Wildman–Crippen LogP) is 6.92. The summed E-state index contributed by atoms with van der Waals surface area (Å²) in [5, 5.41) is 9.60. The zero-order valence-corrected chi connectivity index (χ0v) is 19.6. The third kappa shape index (κ3) is 5.28. The minimum absolute atomic E-state index is 0.137. The molecule has 0 unspecified atom stereocenters. The maximum absolute atomic E-state index is 14.5. The Kier molecular flexibility index (Phi) is 6.75. The van der Waals surface area contributed by atoms with Gasteiger partial charge in [0.15, 0.2) is 11.0 Å². The van der Waals surface area contributed by atoms with Gasteiger partial charge < -0.3 is 4.57 Å². The quantitative estimate of drug-likeness (QED) is 0.289. The zero-order valence-electron chi connectivity index (χ0n) is 18.8. The summed E-state index contributed by atoms with van der Waals surface area (Å²) in [5.74, 6) is 1.07. The molecule has 0 atom stereocenters. The van der Waals surface area contributed by atoms with Crippen LogP contribution in [0.3, 0.4) is 0 Å². The van der Waals surface area contributed by atoms with Crippen molar-refractivity contribution in [2.75, 3.05) is 0 Å². The minimum atomic E-state index is -0.282. The van der Waals surface area contributed by atoms with E-state index < -0.39 is 0 Å². The van der Waals surface area contributed by atoms with Crippen molar-refractivity contribution in [1.82, 2.24) is 14.8 Å². The normalized spacial score (nSPS) is 11.6. The van der Waals surface area contributed by atoms with E-state index in [1.165, 1.54) is 22.8 Å². The van der Waals surface area contributed by atoms with E-state index in [2.05, 4.69) is 67.4 Å². The van der Waals surface area contributed by atoms with E-state index in [1.807, 2.05) is 28.8 Å². The molecule has 0 aliphatic heterocycles. The predicted molar refractivity (Wildman–Crippen MR) is 130 cm³/mol. The Morgan fingerprint density at radius 3 is 2.19 bits per heavy atom. The van der Waals surface area contributed by atoms with E-state index in [-0.39, 0.29) is 11.2 Å². The van der Waals surface area contributed by atoms with Crippen molar-refractivity contribution in [3.63, 3.8) is 0 Å². The molecule has 3 nitrogen and oxygen atoms in total. The van der Waals surface area contributed by atoms with Crippen LogP contribution in [-0.4, -0.2) is 14.8 Å². The molecule has 0 amide bonds. The average Bonchev–Trinajstić information content (AvgIpc) is 3.19. The number of halogens is 1. The third-order valence-corrected chi connectivity index (χ3v) is 6.52. The molecule has 0 N–H and O–H groups in total. The van der Waals surface area contributed by atoms with Gasteiger partial charge in [-0.3, -0.25) is 0 Å². The highest BCUT2D eigenvalue weighted by Gasteiger charge is 2.18. The zero-order chi connectivity index (χ0) is 22.6. The number of thioether (sulfide) groups is 1. The van der Waals surface area contributed by atoms with Crippen LogP contribution < -0.4 is 0 Å². The number of hydrogen-bond acceptors (Lipinski definition) is 3. The van der Waals surface area contributed by atoms with Crippen LogP contribution in [0.1, 0.15) is 37.5 Å². The SMILES string of the molecule is CC(C)(C)c1ccc(CSc2nnc(-c3ccccc3F)n2CCc2ccccc2)cc1. The largest absolute Gasteiger partial charge is 0.302 e. The molecule has 164 valence electrons. The van der Waals surface area contributed by atoms with Crippen LogP contribution in [0.4, 0.5) is 4.39 Å². The van der Waals surface area contributed by atoms with Crippen LogP contribution in [0.2, 0.25) is 0 Å². The van der Waals surface area contributed by atoms with Crippen molar-refractivity contribution in [3.05, 3.63) is 101 Å². The molecule has 0 bridgehead atoms.